The quantitative estimate of drug-likeness (QED) is 0.560. The molecular formula is C26H31N3OS. The van der Waals surface area contributed by atoms with Crippen molar-refractivity contribution < 1.29 is 4.79 Å². The molecule has 2 aromatic heterocycles. The summed E-state index contributed by atoms with van der Waals surface area (Å²) in [5.74, 6) is 0.195. The number of aromatic nitrogens is 1. The summed E-state index contributed by atoms with van der Waals surface area (Å²) in [7, 11) is 0. The van der Waals surface area contributed by atoms with Gasteiger partial charge in [0.25, 0.3) is 0 Å². The fraction of sp³-hybridized carbons (Fsp3) is 0.385. The molecule has 1 fully saturated rings. The average molecular weight is 434 g/mol. The number of hydrogen-bond donors (Lipinski definition) is 1. The maximum atomic E-state index is 13.5. The molecule has 3 aromatic rings. The summed E-state index contributed by atoms with van der Waals surface area (Å²) in [6.45, 7) is 6.74. The van der Waals surface area contributed by atoms with Crippen LogP contribution in [0.3, 0.4) is 0 Å². The number of likely N-dealkylation sites (tertiary alicyclic amines) is 1. The first-order valence-electron chi connectivity index (χ1n) is 11.1. The summed E-state index contributed by atoms with van der Waals surface area (Å²) >= 11 is 1.76. The number of pyridine rings is 1. The molecule has 0 aliphatic carbocycles. The maximum absolute atomic E-state index is 13.5. The first-order valence-corrected chi connectivity index (χ1v) is 12.0. The van der Waals surface area contributed by atoms with Gasteiger partial charge in [-0.05, 0) is 80.9 Å². The third-order valence-electron chi connectivity index (χ3n) is 6.16. The van der Waals surface area contributed by atoms with E-state index in [0.29, 0.717) is 0 Å². The van der Waals surface area contributed by atoms with Crippen molar-refractivity contribution in [3.63, 3.8) is 0 Å². The van der Waals surface area contributed by atoms with E-state index >= 15 is 0 Å². The summed E-state index contributed by atoms with van der Waals surface area (Å²) in [5.41, 5.74) is 3.23. The molecule has 1 aliphatic heterocycles. The second-order valence-electron chi connectivity index (χ2n) is 8.82. The van der Waals surface area contributed by atoms with Crippen molar-refractivity contribution in [2.75, 3.05) is 13.1 Å². The molecule has 1 saturated heterocycles. The van der Waals surface area contributed by atoms with Gasteiger partial charge in [0.05, 0.1) is 11.1 Å². The van der Waals surface area contributed by atoms with Gasteiger partial charge in [0, 0.05) is 23.7 Å². The van der Waals surface area contributed by atoms with Crippen LogP contribution in [-0.2, 0) is 17.8 Å². The SMILES string of the molecule is CC(C)NC(=O)C1(Cc2ccccc2-c2cccs2)CCN(Cc2ccccn2)CC1. The van der Waals surface area contributed by atoms with Crippen molar-refractivity contribution in [3.05, 3.63) is 77.4 Å². The standard InChI is InChI=1S/C26H31N3OS/c1-20(2)28-25(30)26(12-15-29(16-13-26)19-22-9-5-6-14-27-22)18-21-8-3-4-10-23(21)24-11-7-17-31-24/h3-11,14,17,20H,12-13,15-16,18-19H2,1-2H3,(H,28,30). The zero-order valence-corrected chi connectivity index (χ0v) is 19.2. The Balaban J connectivity index is 1.56. The molecule has 5 heteroatoms. The van der Waals surface area contributed by atoms with E-state index in [9.17, 15) is 4.79 Å². The predicted molar refractivity (Wildman–Crippen MR) is 128 cm³/mol. The van der Waals surface area contributed by atoms with E-state index in [1.807, 2.05) is 32.2 Å². The van der Waals surface area contributed by atoms with Crippen LogP contribution >= 0.6 is 11.3 Å². The van der Waals surface area contributed by atoms with Crippen molar-refractivity contribution in [3.8, 4) is 10.4 Å². The number of piperidine rings is 1. The summed E-state index contributed by atoms with van der Waals surface area (Å²) in [6, 6.07) is 19.0. The monoisotopic (exact) mass is 433 g/mol. The molecule has 1 aliphatic rings. The zero-order chi connectivity index (χ0) is 21.7. The molecule has 1 aromatic carbocycles. The topological polar surface area (TPSA) is 45.2 Å². The van der Waals surface area contributed by atoms with Crippen molar-refractivity contribution in [2.24, 2.45) is 5.41 Å². The van der Waals surface area contributed by atoms with Crippen LogP contribution in [-0.4, -0.2) is 34.9 Å². The first-order chi connectivity index (χ1) is 15.1. The molecule has 0 saturated carbocycles. The van der Waals surface area contributed by atoms with Gasteiger partial charge >= 0.3 is 0 Å². The van der Waals surface area contributed by atoms with Gasteiger partial charge in [-0.15, -0.1) is 11.3 Å². The van der Waals surface area contributed by atoms with Crippen LogP contribution in [0.5, 0.6) is 0 Å². The number of carbonyl (C=O) groups excluding carboxylic acids is 1. The Hall–Kier alpha value is -2.50. The van der Waals surface area contributed by atoms with E-state index in [1.54, 1.807) is 11.3 Å². The highest BCUT2D eigenvalue weighted by atomic mass is 32.1. The van der Waals surface area contributed by atoms with Crippen LogP contribution in [0.4, 0.5) is 0 Å². The number of carbonyl (C=O) groups is 1. The minimum atomic E-state index is -0.377. The molecule has 0 bridgehead atoms. The highest BCUT2D eigenvalue weighted by molar-refractivity contribution is 7.13. The predicted octanol–water partition coefficient (Wildman–Crippen LogP) is 5.16. The van der Waals surface area contributed by atoms with Crippen molar-refractivity contribution in [1.29, 1.82) is 0 Å². The van der Waals surface area contributed by atoms with Crippen LogP contribution in [0.25, 0.3) is 10.4 Å². The number of rotatable bonds is 7. The molecule has 0 radical (unpaired) electrons. The van der Waals surface area contributed by atoms with E-state index in [-0.39, 0.29) is 17.4 Å². The Morgan fingerprint density at radius 3 is 2.55 bits per heavy atom. The van der Waals surface area contributed by atoms with Gasteiger partial charge in [0.1, 0.15) is 0 Å². The van der Waals surface area contributed by atoms with Crippen LogP contribution in [0.1, 0.15) is 37.9 Å². The fourth-order valence-corrected chi connectivity index (χ4v) is 5.26. The van der Waals surface area contributed by atoms with Gasteiger partial charge in [0.2, 0.25) is 5.91 Å². The molecule has 31 heavy (non-hydrogen) atoms. The van der Waals surface area contributed by atoms with Crippen LogP contribution in [0.15, 0.2) is 66.2 Å². The van der Waals surface area contributed by atoms with Crippen molar-refractivity contribution >= 4 is 17.2 Å². The summed E-state index contributed by atoms with van der Waals surface area (Å²) in [6.07, 6.45) is 4.34. The number of thiophene rings is 1. The third kappa shape index (κ3) is 5.23. The Kier molecular flexibility index (Phi) is 6.83. The second kappa shape index (κ2) is 9.75. The molecular weight excluding hydrogens is 402 g/mol. The van der Waals surface area contributed by atoms with E-state index in [1.165, 1.54) is 16.0 Å². The Labute approximate surface area is 189 Å². The molecule has 1 amide bonds. The molecule has 3 heterocycles. The molecule has 4 rings (SSSR count). The Morgan fingerprint density at radius 1 is 1.10 bits per heavy atom. The normalized spacial score (nSPS) is 16.4. The lowest BCUT2D eigenvalue weighted by molar-refractivity contribution is -0.134. The second-order valence-corrected chi connectivity index (χ2v) is 9.76. The molecule has 0 unspecified atom stereocenters. The highest BCUT2D eigenvalue weighted by Crippen LogP contribution is 2.39. The summed E-state index contributed by atoms with van der Waals surface area (Å²) in [4.78, 5) is 21.6. The third-order valence-corrected chi connectivity index (χ3v) is 7.06. The highest BCUT2D eigenvalue weighted by Gasteiger charge is 2.42. The lowest BCUT2D eigenvalue weighted by Crippen LogP contribution is -2.51. The van der Waals surface area contributed by atoms with Gasteiger partial charge < -0.3 is 5.32 Å². The molecule has 0 spiro atoms. The van der Waals surface area contributed by atoms with Gasteiger partial charge in [-0.2, -0.15) is 0 Å². The average Bonchev–Trinajstić information content (AvgIpc) is 3.31. The van der Waals surface area contributed by atoms with E-state index in [2.05, 4.69) is 63.0 Å². The van der Waals surface area contributed by atoms with E-state index < -0.39 is 0 Å². The first kappa shape index (κ1) is 21.7. The van der Waals surface area contributed by atoms with Gasteiger partial charge in [-0.1, -0.05) is 36.4 Å². The number of nitrogens with zero attached hydrogens (tertiary/aromatic N) is 2. The summed E-state index contributed by atoms with van der Waals surface area (Å²) < 4.78 is 0. The maximum Gasteiger partial charge on any atom is 0.226 e. The van der Waals surface area contributed by atoms with Gasteiger partial charge in [-0.3, -0.25) is 14.7 Å². The number of hydrogen-bond acceptors (Lipinski definition) is 4. The van der Waals surface area contributed by atoms with Crippen molar-refractivity contribution in [1.82, 2.24) is 15.2 Å². The molecule has 1 N–H and O–H groups in total. The van der Waals surface area contributed by atoms with Crippen molar-refractivity contribution in [2.45, 2.75) is 45.7 Å². The largest absolute Gasteiger partial charge is 0.353 e. The van der Waals surface area contributed by atoms with Gasteiger partial charge in [-0.25, -0.2) is 0 Å². The number of amides is 1. The lowest BCUT2D eigenvalue weighted by atomic mass is 9.72. The van der Waals surface area contributed by atoms with E-state index in [4.69, 9.17) is 0 Å². The Bertz CT molecular complexity index is 977. The van der Waals surface area contributed by atoms with Crippen LogP contribution in [0.2, 0.25) is 0 Å². The minimum Gasteiger partial charge on any atom is -0.353 e. The van der Waals surface area contributed by atoms with Gasteiger partial charge in [0.15, 0.2) is 0 Å². The number of benzene rings is 1. The summed E-state index contributed by atoms with van der Waals surface area (Å²) in [5, 5.41) is 5.34. The molecule has 162 valence electrons. The fourth-order valence-electron chi connectivity index (χ4n) is 4.47. The Morgan fingerprint density at radius 2 is 1.87 bits per heavy atom. The smallest absolute Gasteiger partial charge is 0.226 e. The molecule has 0 atom stereocenters. The van der Waals surface area contributed by atoms with Crippen LogP contribution < -0.4 is 5.32 Å². The van der Waals surface area contributed by atoms with E-state index in [0.717, 1.165) is 44.6 Å². The molecule has 4 nitrogen and oxygen atoms in total. The lowest BCUT2D eigenvalue weighted by Gasteiger charge is -2.41. The zero-order valence-electron chi connectivity index (χ0n) is 18.4. The number of nitrogens with one attached hydrogen (secondary N) is 1. The minimum absolute atomic E-state index is 0.142. The van der Waals surface area contributed by atoms with Crippen LogP contribution in [0, 0.1) is 5.41 Å².